The van der Waals surface area contributed by atoms with E-state index in [2.05, 4.69) is 4.57 Å². The lowest BCUT2D eigenvalue weighted by atomic mass is 9.93. The fourth-order valence-electron chi connectivity index (χ4n) is 4.59. The highest BCUT2D eigenvalue weighted by Crippen LogP contribution is 2.29. The number of amides is 1. The van der Waals surface area contributed by atoms with Crippen LogP contribution in [0, 0.1) is 10.1 Å². The van der Waals surface area contributed by atoms with E-state index in [1.807, 2.05) is 47.5 Å². The van der Waals surface area contributed by atoms with E-state index in [1.165, 1.54) is 24.6 Å². The molecule has 1 amide bonds. The van der Waals surface area contributed by atoms with Gasteiger partial charge in [0.1, 0.15) is 5.75 Å². The third-order valence-corrected chi connectivity index (χ3v) is 6.73. The van der Waals surface area contributed by atoms with Crippen LogP contribution in [0.3, 0.4) is 0 Å². The van der Waals surface area contributed by atoms with Crippen LogP contribution in [0.4, 0.5) is 5.69 Å². The Morgan fingerprint density at radius 3 is 2.65 bits per heavy atom. The smallest absolute Gasteiger partial charge is 0.270 e. The minimum absolute atomic E-state index is 0.103. The first-order valence-corrected chi connectivity index (χ1v) is 11.9. The Kier molecular flexibility index (Phi) is 7.53. The lowest BCUT2D eigenvalue weighted by Gasteiger charge is -2.35. The van der Waals surface area contributed by atoms with Gasteiger partial charge in [-0.3, -0.25) is 14.9 Å². The van der Waals surface area contributed by atoms with Crippen molar-refractivity contribution < 1.29 is 14.5 Å². The average Bonchev–Trinajstić information content (AvgIpc) is 3.29. The van der Waals surface area contributed by atoms with Crippen LogP contribution in [0.25, 0.3) is 0 Å². The molecule has 1 aliphatic carbocycles. The fourth-order valence-corrected chi connectivity index (χ4v) is 4.85. The van der Waals surface area contributed by atoms with Crippen LogP contribution < -0.4 is 4.74 Å². The summed E-state index contributed by atoms with van der Waals surface area (Å²) in [4.78, 5) is 26.2. The molecule has 1 saturated carbocycles. The summed E-state index contributed by atoms with van der Waals surface area (Å²) in [6, 6.07) is 16.1. The molecule has 8 heteroatoms. The van der Waals surface area contributed by atoms with Crippen molar-refractivity contribution in [1.82, 2.24) is 9.47 Å². The van der Waals surface area contributed by atoms with E-state index in [4.69, 9.17) is 16.3 Å². The molecule has 1 aliphatic rings. The molecule has 0 N–H and O–H groups in total. The van der Waals surface area contributed by atoms with Crippen molar-refractivity contribution in [3.63, 3.8) is 0 Å². The predicted molar refractivity (Wildman–Crippen MR) is 131 cm³/mol. The number of hydrogen-bond donors (Lipinski definition) is 0. The van der Waals surface area contributed by atoms with Crippen LogP contribution >= 0.6 is 11.6 Å². The monoisotopic (exact) mass is 481 g/mol. The van der Waals surface area contributed by atoms with Gasteiger partial charge in [0.05, 0.1) is 29.2 Å². The molecule has 1 aromatic heterocycles. The Hall–Kier alpha value is -3.32. The minimum Gasteiger partial charge on any atom is -0.497 e. The number of halogens is 1. The molecule has 34 heavy (non-hydrogen) atoms. The van der Waals surface area contributed by atoms with E-state index in [1.54, 1.807) is 7.11 Å². The van der Waals surface area contributed by atoms with Gasteiger partial charge in [0.25, 0.3) is 11.6 Å². The van der Waals surface area contributed by atoms with Gasteiger partial charge in [-0.05, 0) is 48.7 Å². The normalized spacial score (nSPS) is 14.1. The van der Waals surface area contributed by atoms with Gasteiger partial charge in [0.15, 0.2) is 0 Å². The molecule has 178 valence electrons. The number of methoxy groups -OCH3 is 1. The largest absolute Gasteiger partial charge is 0.497 e. The molecule has 1 fully saturated rings. The Morgan fingerprint density at radius 1 is 1.15 bits per heavy atom. The maximum absolute atomic E-state index is 13.7. The first-order valence-electron chi connectivity index (χ1n) is 11.5. The molecule has 1 heterocycles. The summed E-state index contributed by atoms with van der Waals surface area (Å²) in [6.07, 6.45) is 7.21. The quantitative estimate of drug-likeness (QED) is 0.288. The maximum Gasteiger partial charge on any atom is 0.270 e. The highest BCUT2D eigenvalue weighted by molar-refractivity contribution is 6.34. The zero-order valence-corrected chi connectivity index (χ0v) is 19.9. The zero-order valence-electron chi connectivity index (χ0n) is 19.2. The van der Waals surface area contributed by atoms with Gasteiger partial charge in [-0.15, -0.1) is 0 Å². The minimum atomic E-state index is -0.509. The third-order valence-electron chi connectivity index (χ3n) is 6.41. The summed E-state index contributed by atoms with van der Waals surface area (Å²) < 4.78 is 7.48. The molecular weight excluding hydrogens is 454 g/mol. The van der Waals surface area contributed by atoms with E-state index >= 15 is 0 Å². The summed E-state index contributed by atoms with van der Waals surface area (Å²) in [6.45, 7) is 1.10. The summed E-state index contributed by atoms with van der Waals surface area (Å²) in [5.74, 6) is 0.610. The Morgan fingerprint density at radius 2 is 1.94 bits per heavy atom. The Bertz CT molecular complexity index is 1170. The number of nitrogens with zero attached hydrogens (tertiary/aromatic N) is 3. The Labute approximate surface area is 204 Å². The fraction of sp³-hybridized carbons (Fsp3) is 0.346. The van der Waals surface area contributed by atoms with Gasteiger partial charge < -0.3 is 14.2 Å². The number of carbonyl (C=O) groups excluding carboxylic acids is 1. The molecule has 0 radical (unpaired) electrons. The number of rotatable bonds is 8. The maximum atomic E-state index is 13.7. The molecule has 0 atom stereocenters. The van der Waals surface area contributed by atoms with Crippen LogP contribution in [0.2, 0.25) is 5.02 Å². The molecular formula is C26H28ClN3O4. The lowest BCUT2D eigenvalue weighted by Crippen LogP contribution is -2.41. The van der Waals surface area contributed by atoms with Crippen molar-refractivity contribution in [2.45, 2.75) is 51.2 Å². The van der Waals surface area contributed by atoms with Crippen LogP contribution in [0.15, 0.2) is 60.8 Å². The number of benzene rings is 2. The van der Waals surface area contributed by atoms with E-state index in [0.717, 1.165) is 42.7 Å². The predicted octanol–water partition coefficient (Wildman–Crippen LogP) is 6.08. The van der Waals surface area contributed by atoms with Crippen LogP contribution in [0.1, 0.15) is 53.7 Å². The van der Waals surface area contributed by atoms with E-state index in [0.29, 0.717) is 18.7 Å². The van der Waals surface area contributed by atoms with E-state index in [9.17, 15) is 14.9 Å². The molecule has 4 rings (SSSR count). The molecule has 0 unspecified atom stereocenters. The van der Waals surface area contributed by atoms with Gasteiger partial charge >= 0.3 is 0 Å². The van der Waals surface area contributed by atoms with Crippen molar-refractivity contribution in [3.05, 3.63) is 92.8 Å². The summed E-state index contributed by atoms with van der Waals surface area (Å²) in [5, 5.41) is 11.2. The van der Waals surface area contributed by atoms with Gasteiger partial charge in [-0.1, -0.05) is 43.0 Å². The lowest BCUT2D eigenvalue weighted by molar-refractivity contribution is -0.384. The molecule has 7 nitrogen and oxygen atoms in total. The number of nitro groups is 1. The summed E-state index contributed by atoms with van der Waals surface area (Å²) in [5.41, 5.74) is 2.28. The van der Waals surface area contributed by atoms with Crippen molar-refractivity contribution in [1.29, 1.82) is 0 Å². The molecule has 0 bridgehead atoms. The summed E-state index contributed by atoms with van der Waals surface area (Å²) >= 11 is 6.33. The van der Waals surface area contributed by atoms with Gasteiger partial charge in [0, 0.05) is 36.6 Å². The second-order valence-electron chi connectivity index (χ2n) is 8.63. The van der Waals surface area contributed by atoms with Crippen LogP contribution in [0.5, 0.6) is 5.75 Å². The van der Waals surface area contributed by atoms with Gasteiger partial charge in [-0.25, -0.2) is 0 Å². The second kappa shape index (κ2) is 10.7. The molecule has 0 aliphatic heterocycles. The van der Waals surface area contributed by atoms with E-state index < -0.39 is 4.92 Å². The van der Waals surface area contributed by atoms with Crippen molar-refractivity contribution >= 4 is 23.2 Å². The van der Waals surface area contributed by atoms with Crippen molar-refractivity contribution in [2.75, 3.05) is 7.11 Å². The average molecular weight is 482 g/mol. The number of hydrogen-bond acceptors (Lipinski definition) is 4. The third kappa shape index (κ3) is 5.42. The molecule has 3 aromatic rings. The van der Waals surface area contributed by atoms with Gasteiger partial charge in [0.2, 0.25) is 0 Å². The first-order chi connectivity index (χ1) is 16.5. The molecule has 0 spiro atoms. The molecule has 0 saturated heterocycles. The molecule has 2 aromatic carbocycles. The number of non-ortho nitro benzene ring substituents is 1. The standard InChI is InChI=1S/C26H28ClN3O4/c1-34-23-11-5-7-19(15-23)17-28-14-6-10-22(28)18-29(20-8-3-2-4-9-20)26(31)24-13-12-21(30(32)33)16-25(24)27/h5-7,10-16,20H,2-4,8-9,17-18H2,1H3. The zero-order chi connectivity index (χ0) is 24.1. The summed E-state index contributed by atoms with van der Waals surface area (Å²) in [7, 11) is 1.65. The van der Waals surface area contributed by atoms with Crippen LogP contribution in [-0.4, -0.2) is 33.4 Å². The first kappa shape index (κ1) is 23.8. The number of ether oxygens (including phenoxy) is 1. The van der Waals surface area contributed by atoms with Crippen molar-refractivity contribution in [2.24, 2.45) is 0 Å². The number of carbonyl (C=O) groups is 1. The van der Waals surface area contributed by atoms with E-state index in [-0.39, 0.29) is 22.7 Å². The SMILES string of the molecule is COc1cccc(Cn2cccc2CN(C(=O)c2ccc([N+](=O)[O-])cc2Cl)C2CCCCC2)c1. The number of aromatic nitrogens is 1. The highest BCUT2D eigenvalue weighted by Gasteiger charge is 2.29. The second-order valence-corrected chi connectivity index (χ2v) is 9.03. The van der Waals surface area contributed by atoms with Crippen molar-refractivity contribution in [3.8, 4) is 5.75 Å². The number of nitro benzene ring substituents is 1. The Balaban J connectivity index is 1.61. The van der Waals surface area contributed by atoms with Gasteiger partial charge in [-0.2, -0.15) is 0 Å². The topological polar surface area (TPSA) is 77.6 Å². The highest BCUT2D eigenvalue weighted by atomic mass is 35.5. The van der Waals surface area contributed by atoms with Crippen LogP contribution in [-0.2, 0) is 13.1 Å².